The van der Waals surface area contributed by atoms with Crippen LogP contribution >= 0.6 is 0 Å². The Morgan fingerprint density at radius 2 is 2.14 bits per heavy atom. The van der Waals surface area contributed by atoms with Crippen LogP contribution in [0.5, 0.6) is 0 Å². The van der Waals surface area contributed by atoms with Gasteiger partial charge in [-0.05, 0) is 30.4 Å². The highest BCUT2D eigenvalue weighted by atomic mass is 28.3. The van der Waals surface area contributed by atoms with E-state index in [9.17, 15) is 0 Å². The van der Waals surface area contributed by atoms with Gasteiger partial charge in [-0.2, -0.15) is 0 Å². The first-order valence-electron chi connectivity index (χ1n) is 5.71. The zero-order valence-corrected chi connectivity index (χ0v) is 10.7. The van der Waals surface area contributed by atoms with E-state index in [1.165, 1.54) is 12.0 Å². The fourth-order valence-electron chi connectivity index (χ4n) is 2.26. The van der Waals surface area contributed by atoms with Gasteiger partial charge in [-0.1, -0.05) is 37.7 Å². The fraction of sp³-hybridized carbons (Fsp3) is 0.667. The van der Waals surface area contributed by atoms with Crippen molar-refractivity contribution in [2.75, 3.05) is 6.61 Å². The van der Waals surface area contributed by atoms with Crippen LogP contribution in [-0.2, 0) is 0 Å². The molecule has 0 heterocycles. The second kappa shape index (κ2) is 5.52. The first-order valence-corrected chi connectivity index (χ1v) is 8.69. The molecule has 0 bridgehead atoms. The molecule has 0 amide bonds. The Morgan fingerprint density at radius 1 is 1.43 bits per heavy atom. The molecule has 1 atom stereocenters. The molecule has 0 saturated heterocycles. The zero-order chi connectivity index (χ0) is 10.6. The predicted molar refractivity (Wildman–Crippen MR) is 65.4 cm³/mol. The molecule has 1 aliphatic carbocycles. The first kappa shape index (κ1) is 11.7. The molecule has 1 unspecified atom stereocenters. The highest BCUT2D eigenvalue weighted by Gasteiger charge is 2.21. The Kier molecular flexibility index (Phi) is 4.62. The summed E-state index contributed by atoms with van der Waals surface area (Å²) in [4.78, 5) is 0. The van der Waals surface area contributed by atoms with Crippen molar-refractivity contribution in [1.29, 1.82) is 0 Å². The molecule has 0 radical (unpaired) electrons. The van der Waals surface area contributed by atoms with Gasteiger partial charge in [0.25, 0.3) is 0 Å². The van der Waals surface area contributed by atoms with Gasteiger partial charge in [0.15, 0.2) is 0 Å². The molecule has 0 aliphatic heterocycles. The van der Waals surface area contributed by atoms with Crippen LogP contribution in [0.25, 0.3) is 0 Å². The maximum absolute atomic E-state index is 8.82. The molecule has 1 rings (SSSR count). The Labute approximate surface area is 89.1 Å². The normalized spacial score (nSPS) is 21.4. The summed E-state index contributed by atoms with van der Waals surface area (Å²) < 4.78 is 0. The number of allylic oxidation sites excluding steroid dienone is 4. The SMILES string of the molecule is CCC1=C(CCCO)C=CC1[SiH](C)C. The van der Waals surface area contributed by atoms with E-state index in [0.29, 0.717) is 6.61 Å². The lowest BCUT2D eigenvalue weighted by molar-refractivity contribution is 0.289. The first-order chi connectivity index (χ1) is 6.70. The van der Waals surface area contributed by atoms with E-state index in [1.807, 2.05) is 0 Å². The van der Waals surface area contributed by atoms with Crippen LogP contribution in [0.3, 0.4) is 0 Å². The summed E-state index contributed by atoms with van der Waals surface area (Å²) in [5.74, 6) is 0. The van der Waals surface area contributed by atoms with Gasteiger partial charge in [0.1, 0.15) is 0 Å². The maximum Gasteiger partial charge on any atom is 0.0434 e. The second-order valence-corrected chi connectivity index (χ2v) is 7.57. The smallest absolute Gasteiger partial charge is 0.0434 e. The lowest BCUT2D eigenvalue weighted by atomic mass is 10.0. The number of aliphatic hydroxyl groups is 1. The van der Waals surface area contributed by atoms with Gasteiger partial charge in [-0.25, -0.2) is 0 Å². The minimum Gasteiger partial charge on any atom is -0.396 e. The molecule has 14 heavy (non-hydrogen) atoms. The third-order valence-corrected chi connectivity index (χ3v) is 5.08. The molecule has 80 valence electrons. The van der Waals surface area contributed by atoms with Gasteiger partial charge in [0.2, 0.25) is 0 Å². The van der Waals surface area contributed by atoms with Gasteiger partial charge in [0, 0.05) is 15.4 Å². The number of rotatable bonds is 5. The van der Waals surface area contributed by atoms with Crippen LogP contribution in [0.15, 0.2) is 23.3 Å². The Balaban J connectivity index is 2.70. The summed E-state index contributed by atoms with van der Waals surface area (Å²) in [7, 11) is -0.578. The number of aliphatic hydroxyl groups excluding tert-OH is 1. The van der Waals surface area contributed by atoms with Gasteiger partial charge in [0.05, 0.1) is 0 Å². The van der Waals surface area contributed by atoms with Crippen LogP contribution in [0.4, 0.5) is 0 Å². The Morgan fingerprint density at radius 3 is 2.64 bits per heavy atom. The molecule has 0 fully saturated rings. The van der Waals surface area contributed by atoms with Gasteiger partial charge < -0.3 is 5.11 Å². The van der Waals surface area contributed by atoms with Crippen molar-refractivity contribution in [3.63, 3.8) is 0 Å². The maximum atomic E-state index is 8.82. The van der Waals surface area contributed by atoms with E-state index < -0.39 is 8.80 Å². The molecule has 2 heteroatoms. The van der Waals surface area contributed by atoms with E-state index in [-0.39, 0.29) is 0 Å². The van der Waals surface area contributed by atoms with Gasteiger partial charge in [-0.15, -0.1) is 0 Å². The average Bonchev–Trinajstić information content (AvgIpc) is 2.57. The summed E-state index contributed by atoms with van der Waals surface area (Å²) in [5.41, 5.74) is 3.95. The van der Waals surface area contributed by atoms with Crippen molar-refractivity contribution in [1.82, 2.24) is 0 Å². The van der Waals surface area contributed by atoms with Gasteiger partial charge >= 0.3 is 0 Å². The van der Waals surface area contributed by atoms with Crippen LogP contribution in [-0.4, -0.2) is 20.5 Å². The summed E-state index contributed by atoms with van der Waals surface area (Å²) in [6.07, 6.45) is 7.85. The van der Waals surface area contributed by atoms with Crippen molar-refractivity contribution in [2.24, 2.45) is 0 Å². The molecule has 0 saturated carbocycles. The highest BCUT2D eigenvalue weighted by Crippen LogP contribution is 2.36. The van der Waals surface area contributed by atoms with E-state index in [2.05, 4.69) is 32.2 Å². The molecular weight excluding hydrogens is 188 g/mol. The summed E-state index contributed by atoms with van der Waals surface area (Å²) >= 11 is 0. The Bertz CT molecular complexity index is 241. The quantitative estimate of drug-likeness (QED) is 0.692. The molecule has 1 aliphatic rings. The third kappa shape index (κ3) is 2.58. The van der Waals surface area contributed by atoms with Crippen LogP contribution < -0.4 is 0 Å². The van der Waals surface area contributed by atoms with Crippen molar-refractivity contribution in [3.05, 3.63) is 23.3 Å². The zero-order valence-electron chi connectivity index (χ0n) is 9.59. The highest BCUT2D eigenvalue weighted by molar-refractivity contribution is 6.59. The molecular formula is C12H22OSi. The topological polar surface area (TPSA) is 20.2 Å². The fourth-order valence-corrected chi connectivity index (χ4v) is 4.07. The van der Waals surface area contributed by atoms with Crippen molar-refractivity contribution < 1.29 is 5.11 Å². The van der Waals surface area contributed by atoms with Crippen molar-refractivity contribution >= 4 is 8.80 Å². The molecule has 1 nitrogen and oxygen atoms in total. The number of hydrogen-bond acceptors (Lipinski definition) is 1. The van der Waals surface area contributed by atoms with Crippen molar-refractivity contribution in [2.45, 2.75) is 44.8 Å². The summed E-state index contributed by atoms with van der Waals surface area (Å²) in [6.45, 7) is 7.41. The predicted octanol–water partition coefficient (Wildman–Crippen LogP) is 2.89. The lowest BCUT2D eigenvalue weighted by Crippen LogP contribution is -2.10. The minimum absolute atomic E-state index is 0.318. The molecule has 0 aromatic carbocycles. The Hall–Kier alpha value is -0.343. The van der Waals surface area contributed by atoms with Gasteiger partial charge in [-0.3, -0.25) is 0 Å². The average molecular weight is 210 g/mol. The summed E-state index contributed by atoms with van der Waals surface area (Å²) in [5, 5.41) is 8.82. The van der Waals surface area contributed by atoms with Crippen LogP contribution in [0, 0.1) is 0 Å². The molecule has 1 N–H and O–H groups in total. The standard InChI is InChI=1S/C12H22OSi/c1-4-11-10(6-5-9-13)7-8-12(11)14(2)3/h7-8,12-14H,4-6,9H2,1-3H3. The number of hydrogen-bond donors (Lipinski definition) is 1. The van der Waals surface area contributed by atoms with Crippen molar-refractivity contribution in [3.8, 4) is 0 Å². The molecule has 0 aromatic heterocycles. The lowest BCUT2D eigenvalue weighted by Gasteiger charge is -2.16. The van der Waals surface area contributed by atoms with E-state index >= 15 is 0 Å². The summed E-state index contributed by atoms with van der Waals surface area (Å²) in [6, 6.07) is 0. The second-order valence-electron chi connectivity index (χ2n) is 4.36. The molecule has 0 aromatic rings. The van der Waals surface area contributed by atoms with E-state index in [4.69, 9.17) is 5.11 Å². The third-order valence-electron chi connectivity index (χ3n) is 3.02. The minimum atomic E-state index is -0.578. The monoisotopic (exact) mass is 210 g/mol. The van der Waals surface area contributed by atoms with E-state index in [1.54, 1.807) is 5.57 Å². The largest absolute Gasteiger partial charge is 0.396 e. The van der Waals surface area contributed by atoms with Crippen LogP contribution in [0.2, 0.25) is 18.6 Å². The van der Waals surface area contributed by atoms with E-state index in [0.717, 1.165) is 18.4 Å². The van der Waals surface area contributed by atoms with Crippen LogP contribution in [0.1, 0.15) is 26.2 Å². The molecule has 0 spiro atoms.